The Balaban J connectivity index is 1.44. The molecule has 2 atom stereocenters. The molecule has 0 amide bonds. The maximum absolute atomic E-state index is 5.28. The van der Waals surface area contributed by atoms with E-state index in [2.05, 4.69) is 35.6 Å². The molecule has 1 aliphatic carbocycles. The summed E-state index contributed by atoms with van der Waals surface area (Å²) in [5, 5.41) is 3.46. The minimum atomic E-state index is 0.764. The van der Waals surface area contributed by atoms with Crippen LogP contribution in [0.3, 0.4) is 0 Å². The monoisotopic (exact) mass is 227 g/mol. The lowest BCUT2D eigenvalue weighted by atomic mass is 10.1. The molecule has 2 unspecified atom stereocenters. The molecule has 1 fully saturated rings. The Hall–Kier alpha value is -1.54. The van der Waals surface area contributed by atoms with Crippen molar-refractivity contribution in [2.45, 2.75) is 18.9 Å². The maximum Gasteiger partial charge on any atom is 0.117 e. The first-order valence-corrected chi connectivity index (χ1v) is 6.21. The van der Waals surface area contributed by atoms with Crippen LogP contribution in [-0.2, 0) is 6.54 Å². The summed E-state index contributed by atoms with van der Waals surface area (Å²) in [6, 6.07) is 14.7. The molecule has 3 rings (SSSR count). The van der Waals surface area contributed by atoms with Crippen LogP contribution >= 0.6 is 0 Å². The number of hydrogen-bond acceptors (Lipinski definition) is 2. The number of furan rings is 1. The second kappa shape index (κ2) is 4.76. The number of rotatable bonds is 5. The summed E-state index contributed by atoms with van der Waals surface area (Å²) in [5.74, 6) is 2.58. The zero-order chi connectivity index (χ0) is 11.5. The van der Waals surface area contributed by atoms with Crippen LogP contribution in [0.4, 0.5) is 0 Å². The van der Waals surface area contributed by atoms with Crippen molar-refractivity contribution in [1.29, 1.82) is 0 Å². The predicted octanol–water partition coefficient (Wildman–Crippen LogP) is 3.17. The molecule has 17 heavy (non-hydrogen) atoms. The average Bonchev–Trinajstić information content (AvgIpc) is 2.95. The van der Waals surface area contributed by atoms with Crippen molar-refractivity contribution in [3.63, 3.8) is 0 Å². The molecule has 2 aromatic rings. The van der Waals surface area contributed by atoms with Crippen molar-refractivity contribution in [3.05, 3.63) is 60.1 Å². The third kappa shape index (κ3) is 2.59. The van der Waals surface area contributed by atoms with Crippen LogP contribution in [0.15, 0.2) is 53.1 Å². The van der Waals surface area contributed by atoms with Crippen molar-refractivity contribution in [3.8, 4) is 0 Å². The maximum atomic E-state index is 5.28. The average molecular weight is 227 g/mol. The largest absolute Gasteiger partial charge is 0.468 e. The molecule has 0 radical (unpaired) electrons. The van der Waals surface area contributed by atoms with Gasteiger partial charge in [-0.1, -0.05) is 30.3 Å². The molecule has 0 saturated heterocycles. The Morgan fingerprint density at radius 3 is 2.76 bits per heavy atom. The van der Waals surface area contributed by atoms with Crippen LogP contribution in [0.25, 0.3) is 0 Å². The fourth-order valence-electron chi connectivity index (χ4n) is 2.38. The molecule has 2 nitrogen and oxygen atoms in total. The lowest BCUT2D eigenvalue weighted by molar-refractivity contribution is 0.477. The SMILES string of the molecule is c1ccc(C2CC2CNCc2ccco2)cc1. The molecule has 1 aromatic heterocycles. The van der Waals surface area contributed by atoms with Gasteiger partial charge in [-0.2, -0.15) is 0 Å². The van der Waals surface area contributed by atoms with Gasteiger partial charge in [0.2, 0.25) is 0 Å². The van der Waals surface area contributed by atoms with Gasteiger partial charge in [0, 0.05) is 0 Å². The Morgan fingerprint density at radius 1 is 1.12 bits per heavy atom. The third-order valence-corrected chi connectivity index (χ3v) is 3.44. The first-order valence-electron chi connectivity index (χ1n) is 6.21. The second-order valence-electron chi connectivity index (χ2n) is 4.72. The molecule has 1 heterocycles. The molecule has 1 aromatic carbocycles. The summed E-state index contributed by atoms with van der Waals surface area (Å²) in [6.45, 7) is 1.92. The van der Waals surface area contributed by atoms with Crippen molar-refractivity contribution in [1.82, 2.24) is 5.32 Å². The fraction of sp³-hybridized carbons (Fsp3) is 0.333. The van der Waals surface area contributed by atoms with Gasteiger partial charge in [-0.3, -0.25) is 0 Å². The zero-order valence-electron chi connectivity index (χ0n) is 9.80. The molecule has 1 N–H and O–H groups in total. The zero-order valence-corrected chi connectivity index (χ0v) is 9.80. The highest BCUT2D eigenvalue weighted by molar-refractivity contribution is 5.25. The van der Waals surface area contributed by atoms with Crippen LogP contribution in [0.5, 0.6) is 0 Å². The molecule has 0 aliphatic heterocycles. The Kier molecular flexibility index (Phi) is 2.97. The molecule has 1 aliphatic rings. The Morgan fingerprint density at radius 2 is 2.00 bits per heavy atom. The van der Waals surface area contributed by atoms with Gasteiger partial charge in [-0.25, -0.2) is 0 Å². The first-order chi connectivity index (χ1) is 8.43. The van der Waals surface area contributed by atoms with Crippen LogP contribution in [-0.4, -0.2) is 6.54 Å². The summed E-state index contributed by atoms with van der Waals surface area (Å²) < 4.78 is 5.28. The van der Waals surface area contributed by atoms with Crippen LogP contribution in [0.1, 0.15) is 23.7 Å². The van der Waals surface area contributed by atoms with Crippen molar-refractivity contribution < 1.29 is 4.42 Å². The van der Waals surface area contributed by atoms with Crippen molar-refractivity contribution in [2.24, 2.45) is 5.92 Å². The number of benzene rings is 1. The lowest BCUT2D eigenvalue weighted by Gasteiger charge is -2.02. The summed E-state index contributed by atoms with van der Waals surface area (Å²) in [4.78, 5) is 0. The van der Waals surface area contributed by atoms with E-state index in [4.69, 9.17) is 4.42 Å². The highest BCUT2D eigenvalue weighted by Gasteiger charge is 2.37. The van der Waals surface area contributed by atoms with Gasteiger partial charge in [0.05, 0.1) is 12.8 Å². The molecule has 0 bridgehead atoms. The quantitative estimate of drug-likeness (QED) is 0.848. The summed E-state index contributed by atoms with van der Waals surface area (Å²) in [5.41, 5.74) is 1.48. The van der Waals surface area contributed by atoms with E-state index in [1.54, 1.807) is 6.26 Å². The Labute approximate surface area is 102 Å². The van der Waals surface area contributed by atoms with Gasteiger partial charge in [0.15, 0.2) is 0 Å². The number of nitrogens with one attached hydrogen (secondary N) is 1. The van der Waals surface area contributed by atoms with E-state index in [9.17, 15) is 0 Å². The van der Waals surface area contributed by atoms with Crippen molar-refractivity contribution in [2.75, 3.05) is 6.54 Å². The van der Waals surface area contributed by atoms with Gasteiger partial charge in [0.1, 0.15) is 5.76 Å². The van der Waals surface area contributed by atoms with Crippen LogP contribution in [0, 0.1) is 5.92 Å². The predicted molar refractivity (Wildman–Crippen MR) is 67.7 cm³/mol. The summed E-state index contributed by atoms with van der Waals surface area (Å²) >= 11 is 0. The van der Waals surface area contributed by atoms with Gasteiger partial charge in [-0.05, 0) is 42.5 Å². The fourth-order valence-corrected chi connectivity index (χ4v) is 2.38. The van der Waals surface area contributed by atoms with E-state index in [1.165, 1.54) is 12.0 Å². The standard InChI is InChI=1S/C15H17NO/c1-2-5-12(6-3-1)15-9-13(15)10-16-11-14-7-4-8-17-14/h1-8,13,15-16H,9-11H2. The van der Waals surface area contributed by atoms with E-state index < -0.39 is 0 Å². The molecule has 2 heteroatoms. The smallest absolute Gasteiger partial charge is 0.117 e. The van der Waals surface area contributed by atoms with E-state index >= 15 is 0 Å². The highest BCUT2D eigenvalue weighted by atomic mass is 16.3. The molecular formula is C15H17NO. The normalized spacial score (nSPS) is 22.6. The summed E-state index contributed by atoms with van der Waals surface area (Å²) in [6.07, 6.45) is 3.04. The first kappa shape index (κ1) is 10.6. The topological polar surface area (TPSA) is 25.2 Å². The van der Waals surface area contributed by atoms with Crippen molar-refractivity contribution >= 4 is 0 Å². The summed E-state index contributed by atoms with van der Waals surface area (Å²) in [7, 11) is 0. The minimum absolute atomic E-state index is 0.764. The minimum Gasteiger partial charge on any atom is -0.468 e. The highest BCUT2D eigenvalue weighted by Crippen LogP contribution is 2.46. The van der Waals surface area contributed by atoms with Crippen LogP contribution in [0.2, 0.25) is 0 Å². The Bertz CT molecular complexity index is 449. The van der Waals surface area contributed by atoms with E-state index in [-0.39, 0.29) is 0 Å². The van der Waals surface area contributed by atoms with Crippen LogP contribution < -0.4 is 5.32 Å². The molecule has 1 saturated carbocycles. The van der Waals surface area contributed by atoms with Gasteiger partial charge < -0.3 is 9.73 Å². The van der Waals surface area contributed by atoms with E-state index in [0.29, 0.717) is 0 Å². The molecular weight excluding hydrogens is 210 g/mol. The lowest BCUT2D eigenvalue weighted by Crippen LogP contribution is -2.16. The van der Waals surface area contributed by atoms with E-state index in [0.717, 1.165) is 30.7 Å². The third-order valence-electron chi connectivity index (χ3n) is 3.44. The van der Waals surface area contributed by atoms with Gasteiger partial charge in [-0.15, -0.1) is 0 Å². The number of hydrogen-bond donors (Lipinski definition) is 1. The van der Waals surface area contributed by atoms with Gasteiger partial charge >= 0.3 is 0 Å². The molecule has 0 spiro atoms. The molecule has 88 valence electrons. The van der Waals surface area contributed by atoms with E-state index in [1.807, 2.05) is 12.1 Å². The van der Waals surface area contributed by atoms with Gasteiger partial charge in [0.25, 0.3) is 0 Å². The second-order valence-corrected chi connectivity index (χ2v) is 4.72.